The van der Waals surface area contributed by atoms with E-state index >= 15 is 0 Å². The zero-order valence-electron chi connectivity index (χ0n) is 58.1. The molecular weight excluding hydrogens is 1130 g/mol. The number of aryl methyl sites for hydroxylation is 6. The van der Waals surface area contributed by atoms with Crippen LogP contribution in [-0.4, -0.2) is 105 Å². The standard InChI is InChI=1S/C28H43N3O2Si.C23H31N3O2.C22H29N3O2/c1-12-20(17-33-34(10,11)28(5,6)7)23-16-31(8)26-22(23)15-19(4)25(30-26)21-13-14-24(18(2)3)29-27(21)32-9;1-8-16(13-27-6)19-12-26(5)22-18(19)11-15(4)21(25-22)17-9-10-20(14(2)3)24-23(17)28-7;1-7-15(12-26)18-11-25(5)21-17(18)10-14(4)20(24-21)16-8-9-19(13(2)3)23-22(16)27-6/h13-16,18,20H,12,17H2,1-11H3;9-12,14,16H,8,13H2,1-7H3;8-11,13,15,26H,7,12H2,1-6H3. The molecular formula is C73H103N9O6Si. The summed E-state index contributed by atoms with van der Waals surface area (Å²) in [4.78, 5) is 29.2. The van der Waals surface area contributed by atoms with Crippen molar-refractivity contribution in [1.29, 1.82) is 0 Å². The Balaban J connectivity index is 0.000000192. The minimum Gasteiger partial charge on any atom is -0.480 e. The minimum atomic E-state index is -1.81. The fraction of sp³-hybridized carbons (Fsp3) is 0.507. The van der Waals surface area contributed by atoms with Crippen molar-refractivity contribution in [3.8, 4) is 51.4 Å². The lowest BCUT2D eigenvalue weighted by Crippen LogP contribution is -2.41. The summed E-state index contributed by atoms with van der Waals surface area (Å²) in [5.41, 5.74) is 18.5. The first-order chi connectivity index (χ1) is 42.1. The monoisotopic (exact) mass is 1230 g/mol. The third-order valence-corrected chi connectivity index (χ3v) is 22.6. The van der Waals surface area contributed by atoms with E-state index in [0.29, 0.717) is 53.8 Å². The second kappa shape index (κ2) is 29.3. The Kier molecular flexibility index (Phi) is 22.9. The Morgan fingerprint density at radius 2 is 0.775 bits per heavy atom. The minimum absolute atomic E-state index is 0.127. The SMILES string of the molecule is CCC(CO)c1cn(C)c2nc(-c3ccc(C(C)C)nc3OC)c(C)cc12.CCC(COC)c1cn(C)c2nc(-c3ccc(C(C)C)nc3OC)c(C)cc12.CCC(CO[Si](C)(C)C(C)(C)C)c1cn(C)c2nc(-c3ccc(C(C)C)nc3OC)c(C)cc12. The molecule has 0 aromatic carbocycles. The van der Waals surface area contributed by atoms with E-state index in [0.717, 1.165) is 121 Å². The molecule has 0 aliphatic carbocycles. The molecule has 15 nitrogen and oxygen atoms in total. The summed E-state index contributed by atoms with van der Waals surface area (Å²) in [7, 11) is 11.1. The number of methoxy groups -OCH3 is 4. The van der Waals surface area contributed by atoms with E-state index in [2.05, 4.69) is 212 Å². The highest BCUT2D eigenvalue weighted by atomic mass is 28.4. The molecule has 0 saturated carbocycles. The predicted octanol–water partition coefficient (Wildman–Crippen LogP) is 17.4. The van der Waals surface area contributed by atoms with Gasteiger partial charge in [-0.05, 0) is 164 Å². The van der Waals surface area contributed by atoms with Gasteiger partial charge in [-0.1, -0.05) is 83.1 Å². The Morgan fingerprint density at radius 1 is 0.472 bits per heavy atom. The number of rotatable bonds is 21. The van der Waals surface area contributed by atoms with E-state index in [1.54, 1.807) is 28.4 Å². The van der Waals surface area contributed by atoms with E-state index in [9.17, 15) is 5.11 Å². The van der Waals surface area contributed by atoms with Gasteiger partial charge in [-0.3, -0.25) is 0 Å². The third-order valence-electron chi connectivity index (χ3n) is 18.1. The highest BCUT2D eigenvalue weighted by molar-refractivity contribution is 6.74. The first-order valence-corrected chi connectivity index (χ1v) is 34.8. The second-order valence-corrected chi connectivity index (χ2v) is 31.3. The van der Waals surface area contributed by atoms with Crippen molar-refractivity contribution in [2.45, 2.75) is 177 Å². The van der Waals surface area contributed by atoms with E-state index in [1.165, 1.54) is 21.9 Å². The van der Waals surface area contributed by atoms with Gasteiger partial charge in [0.05, 0.1) is 61.7 Å². The summed E-state index contributed by atoms with van der Waals surface area (Å²) in [5, 5.41) is 13.4. The number of aromatic nitrogens is 9. The van der Waals surface area contributed by atoms with Gasteiger partial charge in [0.25, 0.3) is 0 Å². The molecule has 0 aliphatic heterocycles. The molecule has 0 bridgehead atoms. The molecule has 1 N–H and O–H groups in total. The van der Waals surface area contributed by atoms with Crippen LogP contribution in [0.1, 0.15) is 188 Å². The second-order valence-electron chi connectivity index (χ2n) is 26.5. The number of nitrogens with zero attached hydrogens (tertiary/aromatic N) is 9. The quantitative estimate of drug-likeness (QED) is 0.0680. The van der Waals surface area contributed by atoms with Crippen LogP contribution in [0.2, 0.25) is 18.1 Å². The van der Waals surface area contributed by atoms with E-state index in [-0.39, 0.29) is 17.6 Å². The maximum absolute atomic E-state index is 9.73. The molecule has 9 aromatic heterocycles. The van der Waals surface area contributed by atoms with E-state index in [1.807, 2.05) is 17.7 Å². The lowest BCUT2D eigenvalue weighted by Gasteiger charge is -2.37. The van der Waals surface area contributed by atoms with Crippen molar-refractivity contribution in [2.24, 2.45) is 21.1 Å². The molecule has 0 radical (unpaired) electrons. The number of hydrogen-bond acceptors (Lipinski definition) is 12. The van der Waals surface area contributed by atoms with Crippen molar-refractivity contribution in [2.75, 3.05) is 48.3 Å². The lowest BCUT2D eigenvalue weighted by atomic mass is 9.96. The van der Waals surface area contributed by atoms with E-state index in [4.69, 9.17) is 48.3 Å². The number of aliphatic hydroxyl groups excluding tert-OH is 1. The van der Waals surface area contributed by atoms with Gasteiger partial charge in [-0.15, -0.1) is 0 Å². The van der Waals surface area contributed by atoms with E-state index < -0.39 is 8.32 Å². The normalized spacial score (nSPS) is 13.1. The largest absolute Gasteiger partial charge is 0.480 e. The van der Waals surface area contributed by atoms with Crippen LogP contribution in [0.3, 0.4) is 0 Å². The Hall–Kier alpha value is -6.98. The fourth-order valence-electron chi connectivity index (χ4n) is 11.4. The van der Waals surface area contributed by atoms with Crippen molar-refractivity contribution in [3.63, 3.8) is 0 Å². The number of ether oxygens (including phenoxy) is 4. The molecule has 480 valence electrons. The summed E-state index contributed by atoms with van der Waals surface area (Å²) in [6.45, 7) is 38.8. The number of hydrogen-bond donors (Lipinski definition) is 1. The molecule has 9 heterocycles. The molecule has 89 heavy (non-hydrogen) atoms. The number of pyridine rings is 6. The number of fused-ring (bicyclic) bond motifs is 3. The smallest absolute Gasteiger partial charge is 0.222 e. The molecule has 0 saturated heterocycles. The van der Waals surface area contributed by atoms with Crippen molar-refractivity contribution >= 4 is 41.4 Å². The van der Waals surface area contributed by atoms with Gasteiger partial charge >= 0.3 is 0 Å². The van der Waals surface area contributed by atoms with Crippen LogP contribution in [0.5, 0.6) is 17.6 Å². The molecule has 0 amide bonds. The summed E-state index contributed by atoms with van der Waals surface area (Å²) in [6.07, 6.45) is 9.46. The first-order valence-electron chi connectivity index (χ1n) is 31.9. The lowest BCUT2D eigenvalue weighted by molar-refractivity contribution is 0.178. The predicted molar refractivity (Wildman–Crippen MR) is 369 cm³/mol. The van der Waals surface area contributed by atoms with Crippen LogP contribution < -0.4 is 14.2 Å². The average Bonchev–Trinajstić information content (AvgIpc) is 1.72. The Labute approximate surface area is 532 Å². The van der Waals surface area contributed by atoms with Crippen LogP contribution >= 0.6 is 0 Å². The molecule has 9 rings (SSSR count). The highest BCUT2D eigenvalue weighted by Gasteiger charge is 2.38. The van der Waals surface area contributed by atoms with Crippen molar-refractivity contribution < 1.29 is 28.5 Å². The van der Waals surface area contributed by atoms with Gasteiger partial charge in [0.15, 0.2) is 8.32 Å². The van der Waals surface area contributed by atoms with Gasteiger partial charge < -0.3 is 42.2 Å². The zero-order valence-corrected chi connectivity index (χ0v) is 59.1. The van der Waals surface area contributed by atoms with Crippen LogP contribution in [0.4, 0.5) is 0 Å². The number of aliphatic hydroxyl groups is 1. The average molecular weight is 1230 g/mol. The topological polar surface area (TPSA) is 159 Å². The Morgan fingerprint density at radius 3 is 1.03 bits per heavy atom. The summed E-state index contributed by atoms with van der Waals surface area (Å²) in [5.74, 6) is 3.72. The molecule has 3 unspecified atom stereocenters. The zero-order chi connectivity index (χ0) is 65.6. The third kappa shape index (κ3) is 14.9. The maximum Gasteiger partial charge on any atom is 0.222 e. The molecule has 9 aromatic rings. The molecule has 0 aliphatic rings. The van der Waals surface area contributed by atoms with Gasteiger partial charge in [0.1, 0.15) is 16.9 Å². The van der Waals surface area contributed by atoms with Crippen LogP contribution in [0.15, 0.2) is 73.2 Å². The maximum atomic E-state index is 9.73. The Bertz CT molecular complexity index is 3880. The van der Waals surface area contributed by atoms with Gasteiger partial charge in [-0.2, -0.15) is 0 Å². The van der Waals surface area contributed by atoms with Gasteiger partial charge in [-0.25, -0.2) is 29.9 Å². The summed E-state index contributed by atoms with van der Waals surface area (Å²) >= 11 is 0. The van der Waals surface area contributed by atoms with Crippen molar-refractivity contribution in [3.05, 3.63) is 124 Å². The molecule has 16 heteroatoms. The van der Waals surface area contributed by atoms with Gasteiger partial charge in [0.2, 0.25) is 17.6 Å². The van der Waals surface area contributed by atoms with Crippen LogP contribution in [-0.2, 0) is 30.3 Å². The van der Waals surface area contributed by atoms with Crippen LogP contribution in [0, 0.1) is 20.8 Å². The fourth-order valence-corrected chi connectivity index (χ4v) is 12.5. The van der Waals surface area contributed by atoms with Crippen LogP contribution in [0.25, 0.3) is 66.9 Å². The summed E-state index contributed by atoms with van der Waals surface area (Å²) in [6, 6.07) is 19.1. The van der Waals surface area contributed by atoms with Crippen molar-refractivity contribution in [1.82, 2.24) is 43.6 Å². The molecule has 0 fully saturated rings. The molecule has 3 atom stereocenters. The first kappa shape index (κ1) is 69.5. The molecule has 0 spiro atoms. The summed E-state index contributed by atoms with van der Waals surface area (Å²) < 4.78 is 35.2. The van der Waals surface area contributed by atoms with Gasteiger partial charge in [0, 0.05) is 111 Å². The highest BCUT2D eigenvalue weighted by Crippen LogP contribution is 2.42.